The summed E-state index contributed by atoms with van der Waals surface area (Å²) < 4.78 is 9.11. The first-order valence-corrected chi connectivity index (χ1v) is 10.7. The van der Waals surface area contributed by atoms with Gasteiger partial charge in [0.2, 0.25) is 5.91 Å². The second-order valence-electron chi connectivity index (χ2n) is 8.28. The van der Waals surface area contributed by atoms with E-state index in [-0.39, 0.29) is 23.8 Å². The van der Waals surface area contributed by atoms with Crippen molar-refractivity contribution in [2.45, 2.75) is 37.6 Å². The SMILES string of the molecule is Cn1ccc(C(=O)N2CCC(c3nnc4n3C(C(=O)N3CCOCC3)CC4)CC2)n1. The molecule has 2 fully saturated rings. The molecule has 0 spiro atoms. The van der Waals surface area contributed by atoms with E-state index in [0.717, 1.165) is 37.3 Å². The van der Waals surface area contributed by atoms with Gasteiger partial charge >= 0.3 is 0 Å². The van der Waals surface area contributed by atoms with Gasteiger partial charge in [0.15, 0.2) is 0 Å². The molecule has 0 saturated carbocycles. The Morgan fingerprint density at radius 1 is 1.03 bits per heavy atom. The first-order chi connectivity index (χ1) is 14.6. The summed E-state index contributed by atoms with van der Waals surface area (Å²) in [6.45, 7) is 3.81. The van der Waals surface area contributed by atoms with Crippen molar-refractivity contribution in [2.24, 2.45) is 7.05 Å². The third kappa shape index (κ3) is 3.38. The van der Waals surface area contributed by atoms with E-state index in [1.165, 1.54) is 0 Å². The number of piperidine rings is 1. The molecule has 0 bridgehead atoms. The summed E-state index contributed by atoms with van der Waals surface area (Å²) in [5.74, 6) is 2.14. The molecule has 10 nitrogen and oxygen atoms in total. The summed E-state index contributed by atoms with van der Waals surface area (Å²) in [5.41, 5.74) is 0.482. The highest BCUT2D eigenvalue weighted by molar-refractivity contribution is 5.92. The third-order valence-corrected chi connectivity index (χ3v) is 6.43. The van der Waals surface area contributed by atoms with Gasteiger partial charge in [0, 0.05) is 51.8 Å². The van der Waals surface area contributed by atoms with Crippen molar-refractivity contribution in [2.75, 3.05) is 39.4 Å². The highest BCUT2D eigenvalue weighted by Gasteiger charge is 2.38. The number of hydrogen-bond donors (Lipinski definition) is 0. The molecule has 10 heteroatoms. The highest BCUT2D eigenvalue weighted by atomic mass is 16.5. The lowest BCUT2D eigenvalue weighted by Gasteiger charge is -2.33. The van der Waals surface area contributed by atoms with Crippen LogP contribution < -0.4 is 0 Å². The Kier molecular flexibility index (Phi) is 5.01. The average Bonchev–Trinajstić information content (AvgIpc) is 3.50. The van der Waals surface area contributed by atoms with Crippen LogP contribution in [0.4, 0.5) is 0 Å². The number of amides is 2. The maximum Gasteiger partial charge on any atom is 0.274 e. The lowest BCUT2D eigenvalue weighted by atomic mass is 9.95. The van der Waals surface area contributed by atoms with Crippen LogP contribution in [0.5, 0.6) is 0 Å². The van der Waals surface area contributed by atoms with Gasteiger partial charge in [-0.3, -0.25) is 14.3 Å². The van der Waals surface area contributed by atoms with Crippen LogP contribution in [0, 0.1) is 0 Å². The van der Waals surface area contributed by atoms with Crippen LogP contribution >= 0.6 is 0 Å². The summed E-state index contributed by atoms with van der Waals surface area (Å²) >= 11 is 0. The van der Waals surface area contributed by atoms with Gasteiger partial charge in [0.25, 0.3) is 5.91 Å². The molecule has 30 heavy (non-hydrogen) atoms. The molecular formula is C20H27N7O3. The van der Waals surface area contributed by atoms with Crippen molar-refractivity contribution in [1.82, 2.24) is 34.3 Å². The van der Waals surface area contributed by atoms with Crippen LogP contribution in [-0.4, -0.2) is 85.6 Å². The van der Waals surface area contributed by atoms with E-state index in [0.29, 0.717) is 45.1 Å². The molecule has 2 saturated heterocycles. The Balaban J connectivity index is 1.28. The van der Waals surface area contributed by atoms with Crippen molar-refractivity contribution >= 4 is 11.8 Å². The Hall–Kier alpha value is -2.75. The lowest BCUT2D eigenvalue weighted by molar-refractivity contribution is -0.138. The van der Waals surface area contributed by atoms with Crippen molar-refractivity contribution in [3.63, 3.8) is 0 Å². The number of fused-ring (bicyclic) bond motifs is 1. The molecule has 1 unspecified atom stereocenters. The zero-order chi connectivity index (χ0) is 20.7. The van der Waals surface area contributed by atoms with Gasteiger partial charge in [-0.1, -0.05) is 0 Å². The number of carbonyl (C=O) groups is 2. The molecule has 160 valence electrons. The molecule has 3 aliphatic rings. The number of likely N-dealkylation sites (tertiary alicyclic amines) is 1. The quantitative estimate of drug-likeness (QED) is 0.721. The molecule has 3 aliphatic heterocycles. The Morgan fingerprint density at radius 3 is 2.50 bits per heavy atom. The Bertz CT molecular complexity index is 938. The van der Waals surface area contributed by atoms with Crippen LogP contribution in [0.25, 0.3) is 0 Å². The van der Waals surface area contributed by atoms with E-state index in [2.05, 4.69) is 19.9 Å². The maximum atomic E-state index is 13.1. The van der Waals surface area contributed by atoms with E-state index in [4.69, 9.17) is 4.74 Å². The van der Waals surface area contributed by atoms with Crippen molar-refractivity contribution in [3.8, 4) is 0 Å². The first-order valence-electron chi connectivity index (χ1n) is 10.7. The molecule has 0 radical (unpaired) electrons. The normalized spacial score (nSPS) is 22.4. The topological polar surface area (TPSA) is 98.4 Å². The number of hydrogen-bond acceptors (Lipinski definition) is 6. The summed E-state index contributed by atoms with van der Waals surface area (Å²) in [4.78, 5) is 29.6. The highest BCUT2D eigenvalue weighted by Crippen LogP contribution is 2.35. The summed E-state index contributed by atoms with van der Waals surface area (Å²) in [7, 11) is 1.81. The first kappa shape index (κ1) is 19.2. The fourth-order valence-electron chi connectivity index (χ4n) is 4.78. The van der Waals surface area contributed by atoms with E-state index in [1.807, 2.05) is 16.8 Å². The minimum atomic E-state index is -0.212. The van der Waals surface area contributed by atoms with Gasteiger partial charge in [0.05, 0.1) is 13.2 Å². The van der Waals surface area contributed by atoms with Crippen LogP contribution in [0.3, 0.4) is 0 Å². The van der Waals surface area contributed by atoms with E-state index >= 15 is 0 Å². The van der Waals surface area contributed by atoms with Crippen LogP contribution in [0.2, 0.25) is 0 Å². The maximum absolute atomic E-state index is 13.1. The predicted molar refractivity (Wildman–Crippen MR) is 106 cm³/mol. The fourth-order valence-corrected chi connectivity index (χ4v) is 4.78. The monoisotopic (exact) mass is 413 g/mol. The molecular weight excluding hydrogens is 386 g/mol. The van der Waals surface area contributed by atoms with Crippen molar-refractivity contribution in [3.05, 3.63) is 29.6 Å². The van der Waals surface area contributed by atoms with Gasteiger partial charge < -0.3 is 19.1 Å². The molecule has 5 heterocycles. The molecule has 2 aromatic rings. The van der Waals surface area contributed by atoms with Crippen molar-refractivity contribution < 1.29 is 14.3 Å². The third-order valence-electron chi connectivity index (χ3n) is 6.43. The summed E-state index contributed by atoms with van der Waals surface area (Å²) in [5, 5.41) is 13.1. The van der Waals surface area contributed by atoms with Crippen LogP contribution in [0.15, 0.2) is 12.3 Å². The Labute approximate surface area is 174 Å². The van der Waals surface area contributed by atoms with Gasteiger partial charge in [0.1, 0.15) is 23.4 Å². The number of ether oxygens (including phenoxy) is 1. The van der Waals surface area contributed by atoms with E-state index in [9.17, 15) is 9.59 Å². The average molecular weight is 413 g/mol. The molecule has 0 aromatic carbocycles. The lowest BCUT2D eigenvalue weighted by Crippen LogP contribution is -2.44. The zero-order valence-corrected chi connectivity index (χ0v) is 17.2. The zero-order valence-electron chi connectivity index (χ0n) is 17.2. The molecule has 0 N–H and O–H groups in total. The summed E-state index contributed by atoms with van der Waals surface area (Å²) in [6, 6.07) is 1.54. The second kappa shape index (κ2) is 7.82. The second-order valence-corrected chi connectivity index (χ2v) is 8.28. The minimum absolute atomic E-state index is 0.0270. The largest absolute Gasteiger partial charge is 0.378 e. The molecule has 2 amide bonds. The summed E-state index contributed by atoms with van der Waals surface area (Å²) in [6.07, 6.45) is 4.98. The fraction of sp³-hybridized carbons (Fsp3) is 0.650. The number of morpholine rings is 1. The number of aryl methyl sites for hydroxylation is 2. The van der Waals surface area contributed by atoms with E-state index in [1.54, 1.807) is 16.9 Å². The van der Waals surface area contributed by atoms with Crippen LogP contribution in [0.1, 0.15) is 53.4 Å². The van der Waals surface area contributed by atoms with Gasteiger partial charge in [-0.25, -0.2) is 0 Å². The van der Waals surface area contributed by atoms with Crippen LogP contribution in [-0.2, 0) is 23.0 Å². The Morgan fingerprint density at radius 2 is 1.80 bits per heavy atom. The number of carbonyl (C=O) groups excluding carboxylic acids is 2. The minimum Gasteiger partial charge on any atom is -0.378 e. The standard InChI is InChI=1S/C20H27N7O3/c1-24-7-6-15(23-24)19(28)25-8-4-14(5-9-25)18-22-21-17-3-2-16(27(17)18)20(29)26-10-12-30-13-11-26/h6-7,14,16H,2-5,8-13H2,1H3. The van der Waals surface area contributed by atoms with Gasteiger partial charge in [-0.15, -0.1) is 10.2 Å². The number of aromatic nitrogens is 5. The molecule has 2 aromatic heterocycles. The molecule has 0 aliphatic carbocycles. The smallest absolute Gasteiger partial charge is 0.274 e. The predicted octanol–water partition coefficient (Wildman–Crippen LogP) is 0.378. The van der Waals surface area contributed by atoms with Gasteiger partial charge in [-0.2, -0.15) is 5.10 Å². The van der Waals surface area contributed by atoms with Crippen molar-refractivity contribution in [1.29, 1.82) is 0 Å². The number of nitrogens with zero attached hydrogens (tertiary/aromatic N) is 7. The van der Waals surface area contributed by atoms with Gasteiger partial charge in [-0.05, 0) is 25.3 Å². The molecule has 1 atom stereocenters. The van der Waals surface area contributed by atoms with E-state index < -0.39 is 0 Å². The molecule has 5 rings (SSSR count). The number of rotatable bonds is 3.